The van der Waals surface area contributed by atoms with Crippen LogP contribution in [-0.4, -0.2) is 18.4 Å². The van der Waals surface area contributed by atoms with Gasteiger partial charge in [0, 0.05) is 35.9 Å². The third kappa shape index (κ3) is 4.11. The van der Waals surface area contributed by atoms with Crippen LogP contribution in [0.1, 0.15) is 29.5 Å². The minimum Gasteiger partial charge on any atom is -0.493 e. The molecule has 0 aromatic heterocycles. The molecule has 0 aliphatic carbocycles. The number of aryl methyl sites for hydroxylation is 1. The van der Waals surface area contributed by atoms with Gasteiger partial charge in [0.25, 0.3) is 0 Å². The molecule has 2 aromatic rings. The van der Waals surface area contributed by atoms with Crippen molar-refractivity contribution >= 4 is 28.8 Å². The Morgan fingerprint density at radius 2 is 1.93 bits per heavy atom. The highest BCUT2D eigenvalue weighted by Gasteiger charge is 2.32. The Bertz CT molecular complexity index is 1030. The molecule has 0 atom stereocenters. The Kier molecular flexibility index (Phi) is 4.77. The molecule has 5 nitrogen and oxygen atoms in total. The third-order valence-corrected chi connectivity index (χ3v) is 4.86. The lowest BCUT2D eigenvalue weighted by atomic mass is 9.97. The van der Waals surface area contributed by atoms with E-state index in [1.54, 1.807) is 12.1 Å². The minimum absolute atomic E-state index is 0.0693. The van der Waals surface area contributed by atoms with Crippen LogP contribution in [0.3, 0.4) is 0 Å². The van der Waals surface area contributed by atoms with Crippen molar-refractivity contribution in [3.05, 3.63) is 59.2 Å². The van der Waals surface area contributed by atoms with Crippen molar-refractivity contribution in [3.63, 3.8) is 0 Å². The van der Waals surface area contributed by atoms with E-state index >= 15 is 0 Å². The molecule has 0 fully saturated rings. The quantitative estimate of drug-likeness (QED) is 0.732. The van der Waals surface area contributed by atoms with Crippen molar-refractivity contribution in [2.24, 2.45) is 0 Å². The standard InChI is InChI=1S/C21H17F3N2O3/c22-21(23,24)14-3-5-16-13(7-8-29-18(16)10-14)9-20(28)25-15-4-1-12-2-6-19(27)26-17(12)11-15/h1,3-5,9-11H,2,6-8H2,(H,25,28)(H,26,27). The zero-order valence-electron chi connectivity index (χ0n) is 15.2. The summed E-state index contributed by atoms with van der Waals surface area (Å²) in [6, 6.07) is 8.54. The van der Waals surface area contributed by atoms with E-state index in [1.165, 1.54) is 12.1 Å². The highest BCUT2D eigenvalue weighted by molar-refractivity contribution is 6.05. The Labute approximate surface area is 164 Å². The molecule has 150 valence electrons. The molecular formula is C21H17F3N2O3. The van der Waals surface area contributed by atoms with Crippen LogP contribution in [0.5, 0.6) is 5.75 Å². The first-order valence-electron chi connectivity index (χ1n) is 9.08. The molecule has 2 aliphatic rings. The lowest BCUT2D eigenvalue weighted by Crippen LogP contribution is -2.19. The maximum absolute atomic E-state index is 12.9. The van der Waals surface area contributed by atoms with Gasteiger partial charge in [-0.2, -0.15) is 13.2 Å². The fourth-order valence-corrected chi connectivity index (χ4v) is 3.42. The number of halogens is 3. The molecule has 4 rings (SSSR count). The average Bonchev–Trinajstić information content (AvgIpc) is 2.66. The number of nitrogens with one attached hydrogen (secondary N) is 2. The van der Waals surface area contributed by atoms with Crippen molar-refractivity contribution in [2.45, 2.75) is 25.4 Å². The van der Waals surface area contributed by atoms with E-state index in [4.69, 9.17) is 4.74 Å². The van der Waals surface area contributed by atoms with Gasteiger partial charge in [0.05, 0.1) is 12.2 Å². The Morgan fingerprint density at radius 3 is 2.72 bits per heavy atom. The predicted octanol–water partition coefficient (Wildman–Crippen LogP) is 4.39. The monoisotopic (exact) mass is 402 g/mol. The molecule has 0 unspecified atom stereocenters. The molecule has 2 aromatic carbocycles. The van der Waals surface area contributed by atoms with E-state index in [1.807, 2.05) is 6.07 Å². The van der Waals surface area contributed by atoms with Gasteiger partial charge in [-0.15, -0.1) is 0 Å². The Hall–Kier alpha value is -3.29. The number of carbonyl (C=O) groups is 2. The number of anilines is 2. The SMILES string of the molecule is O=C(C=C1CCOc2cc(C(F)(F)F)ccc21)Nc1ccc2c(c1)NC(=O)CC2. The number of alkyl halides is 3. The molecule has 8 heteroatoms. The summed E-state index contributed by atoms with van der Waals surface area (Å²) in [5, 5.41) is 5.50. The molecule has 0 saturated heterocycles. The van der Waals surface area contributed by atoms with Crippen molar-refractivity contribution in [3.8, 4) is 5.75 Å². The van der Waals surface area contributed by atoms with Gasteiger partial charge in [-0.1, -0.05) is 12.1 Å². The first-order valence-corrected chi connectivity index (χ1v) is 9.08. The molecule has 0 saturated carbocycles. The second-order valence-electron chi connectivity index (χ2n) is 6.89. The summed E-state index contributed by atoms with van der Waals surface area (Å²) in [5.41, 5.74) is 2.47. The van der Waals surface area contributed by atoms with Gasteiger partial charge in [-0.05, 0) is 41.8 Å². The topological polar surface area (TPSA) is 67.4 Å². The normalized spacial score (nSPS) is 17.1. The molecule has 2 heterocycles. The van der Waals surface area contributed by atoms with E-state index in [0.717, 1.165) is 17.7 Å². The molecular weight excluding hydrogens is 385 g/mol. The first-order chi connectivity index (χ1) is 13.8. The van der Waals surface area contributed by atoms with Gasteiger partial charge in [0.2, 0.25) is 11.8 Å². The van der Waals surface area contributed by atoms with Crippen LogP contribution in [0.2, 0.25) is 0 Å². The summed E-state index contributed by atoms with van der Waals surface area (Å²) in [6.07, 6.45) is -1.60. The first kappa shape index (κ1) is 19.0. The van der Waals surface area contributed by atoms with Crippen molar-refractivity contribution < 1.29 is 27.5 Å². The van der Waals surface area contributed by atoms with E-state index in [2.05, 4.69) is 10.6 Å². The van der Waals surface area contributed by atoms with Gasteiger partial charge < -0.3 is 15.4 Å². The van der Waals surface area contributed by atoms with Crippen LogP contribution in [0.15, 0.2) is 42.5 Å². The number of benzene rings is 2. The second-order valence-corrected chi connectivity index (χ2v) is 6.89. The maximum Gasteiger partial charge on any atom is 0.416 e. The highest BCUT2D eigenvalue weighted by Crippen LogP contribution is 2.38. The van der Waals surface area contributed by atoms with E-state index in [9.17, 15) is 22.8 Å². The lowest BCUT2D eigenvalue weighted by molar-refractivity contribution is -0.137. The summed E-state index contributed by atoms with van der Waals surface area (Å²) < 4.78 is 44.0. The number of ether oxygens (including phenoxy) is 1. The van der Waals surface area contributed by atoms with Crippen molar-refractivity contribution in [1.29, 1.82) is 0 Å². The second kappa shape index (κ2) is 7.27. The summed E-state index contributed by atoms with van der Waals surface area (Å²) in [5.74, 6) is -0.364. The van der Waals surface area contributed by atoms with E-state index in [-0.39, 0.29) is 18.3 Å². The summed E-state index contributed by atoms with van der Waals surface area (Å²) in [4.78, 5) is 24.0. The maximum atomic E-state index is 12.9. The van der Waals surface area contributed by atoms with E-state index < -0.39 is 17.6 Å². The van der Waals surface area contributed by atoms with Crippen LogP contribution < -0.4 is 15.4 Å². The number of rotatable bonds is 2. The summed E-state index contributed by atoms with van der Waals surface area (Å²) in [7, 11) is 0. The molecule has 29 heavy (non-hydrogen) atoms. The molecule has 0 bridgehead atoms. The average molecular weight is 402 g/mol. The van der Waals surface area contributed by atoms with Crippen LogP contribution >= 0.6 is 0 Å². The Balaban J connectivity index is 1.54. The Morgan fingerprint density at radius 1 is 1.10 bits per heavy atom. The van der Waals surface area contributed by atoms with Gasteiger partial charge >= 0.3 is 6.18 Å². The number of carbonyl (C=O) groups excluding carboxylic acids is 2. The zero-order valence-corrected chi connectivity index (χ0v) is 15.2. The van der Waals surface area contributed by atoms with Gasteiger partial charge in [-0.3, -0.25) is 9.59 Å². The molecule has 0 radical (unpaired) electrons. The number of hydrogen-bond acceptors (Lipinski definition) is 3. The fraction of sp³-hybridized carbons (Fsp3) is 0.238. The molecule has 0 spiro atoms. The minimum atomic E-state index is -4.46. The third-order valence-electron chi connectivity index (χ3n) is 4.86. The van der Waals surface area contributed by atoms with Gasteiger partial charge in [0.1, 0.15) is 5.75 Å². The number of amides is 2. The highest BCUT2D eigenvalue weighted by atomic mass is 19.4. The van der Waals surface area contributed by atoms with Crippen molar-refractivity contribution in [2.75, 3.05) is 17.2 Å². The number of hydrogen-bond donors (Lipinski definition) is 2. The van der Waals surface area contributed by atoms with Crippen LogP contribution in [0.4, 0.5) is 24.5 Å². The zero-order chi connectivity index (χ0) is 20.6. The summed E-state index contributed by atoms with van der Waals surface area (Å²) >= 11 is 0. The number of fused-ring (bicyclic) bond motifs is 2. The van der Waals surface area contributed by atoms with Crippen molar-refractivity contribution in [1.82, 2.24) is 0 Å². The van der Waals surface area contributed by atoms with Gasteiger partial charge in [0.15, 0.2) is 0 Å². The largest absolute Gasteiger partial charge is 0.493 e. The summed E-state index contributed by atoms with van der Waals surface area (Å²) in [6.45, 7) is 0.193. The smallest absolute Gasteiger partial charge is 0.416 e. The molecule has 2 aliphatic heterocycles. The van der Waals surface area contributed by atoms with Crippen LogP contribution in [-0.2, 0) is 22.2 Å². The van der Waals surface area contributed by atoms with E-state index in [0.29, 0.717) is 41.8 Å². The van der Waals surface area contributed by atoms with Gasteiger partial charge in [-0.25, -0.2) is 0 Å². The lowest BCUT2D eigenvalue weighted by Gasteiger charge is -2.21. The predicted molar refractivity (Wildman–Crippen MR) is 102 cm³/mol. The molecule has 2 N–H and O–H groups in total. The molecule has 2 amide bonds. The fourth-order valence-electron chi connectivity index (χ4n) is 3.42. The van der Waals surface area contributed by atoms with Crippen LogP contribution in [0, 0.1) is 0 Å². The van der Waals surface area contributed by atoms with Crippen LogP contribution in [0.25, 0.3) is 5.57 Å².